The summed E-state index contributed by atoms with van der Waals surface area (Å²) in [5.74, 6) is -0.132. The van der Waals surface area contributed by atoms with Gasteiger partial charge in [0, 0.05) is 18.7 Å². The maximum Gasteiger partial charge on any atom is 0.356 e. The minimum Gasteiger partial charge on any atom is -0.476 e. The lowest BCUT2D eigenvalue weighted by molar-refractivity contribution is 0.0693. The van der Waals surface area contributed by atoms with Gasteiger partial charge in [-0.2, -0.15) is 0 Å². The van der Waals surface area contributed by atoms with Crippen molar-refractivity contribution in [3.05, 3.63) is 35.4 Å². The number of aromatic nitrogens is 2. The van der Waals surface area contributed by atoms with Gasteiger partial charge in [-0.3, -0.25) is 0 Å². The Morgan fingerprint density at radius 2 is 2.40 bits per heavy atom. The Balaban J connectivity index is 1.99. The second kappa shape index (κ2) is 5.25. The first-order valence-corrected chi connectivity index (χ1v) is 7.09. The molecule has 5 nitrogen and oxygen atoms in total. The molecule has 0 radical (unpaired) electrons. The minimum absolute atomic E-state index is 0.152. The number of hydrogen-bond donors (Lipinski definition) is 2. The number of carbonyl (C=O) groups is 1. The number of nitrogens with zero attached hydrogens (tertiary/aromatic N) is 2. The highest BCUT2D eigenvalue weighted by atomic mass is 16.4. The van der Waals surface area contributed by atoms with Crippen molar-refractivity contribution in [2.24, 2.45) is 0 Å². The van der Waals surface area contributed by atoms with Gasteiger partial charge in [-0.1, -0.05) is 6.42 Å². The predicted molar refractivity (Wildman–Crippen MR) is 76.2 cm³/mol. The maximum atomic E-state index is 11.3. The highest BCUT2D eigenvalue weighted by molar-refractivity contribution is 5.93. The molecule has 1 fully saturated rings. The summed E-state index contributed by atoms with van der Waals surface area (Å²) >= 11 is 0. The molecular formula is C15H19N3O2. The minimum atomic E-state index is -0.962. The number of imidazole rings is 1. The molecule has 3 heterocycles. The predicted octanol–water partition coefficient (Wildman–Crippen LogP) is 2.03. The molecule has 2 N–H and O–H groups in total. The number of aromatic carboxylic acids is 1. The number of fused-ring (bicyclic) bond motifs is 1. The van der Waals surface area contributed by atoms with Crippen LogP contribution in [-0.2, 0) is 6.42 Å². The molecule has 1 aliphatic rings. The van der Waals surface area contributed by atoms with Crippen LogP contribution in [0, 0.1) is 6.92 Å². The molecule has 0 bridgehead atoms. The van der Waals surface area contributed by atoms with E-state index in [0.717, 1.165) is 30.8 Å². The van der Waals surface area contributed by atoms with Crippen molar-refractivity contribution in [1.82, 2.24) is 14.7 Å². The average molecular weight is 273 g/mol. The van der Waals surface area contributed by atoms with Crippen LogP contribution in [0.15, 0.2) is 18.3 Å². The van der Waals surface area contributed by atoms with Crippen molar-refractivity contribution in [1.29, 1.82) is 0 Å². The first kappa shape index (κ1) is 13.1. The summed E-state index contributed by atoms with van der Waals surface area (Å²) in [5, 5.41) is 12.8. The zero-order valence-corrected chi connectivity index (χ0v) is 11.6. The molecule has 5 heteroatoms. The quantitative estimate of drug-likeness (QED) is 0.898. The van der Waals surface area contributed by atoms with E-state index in [1.54, 1.807) is 0 Å². The number of hydrogen-bond acceptors (Lipinski definition) is 3. The molecule has 20 heavy (non-hydrogen) atoms. The smallest absolute Gasteiger partial charge is 0.356 e. The lowest BCUT2D eigenvalue weighted by Gasteiger charge is -2.22. The Bertz CT molecular complexity index is 642. The molecule has 0 spiro atoms. The van der Waals surface area contributed by atoms with E-state index < -0.39 is 5.97 Å². The Morgan fingerprint density at radius 1 is 1.55 bits per heavy atom. The molecule has 0 amide bonds. The summed E-state index contributed by atoms with van der Waals surface area (Å²) in [7, 11) is 0. The molecule has 1 atom stereocenters. The number of pyridine rings is 1. The van der Waals surface area contributed by atoms with Gasteiger partial charge in [0.25, 0.3) is 0 Å². The van der Waals surface area contributed by atoms with Gasteiger partial charge in [0.1, 0.15) is 5.82 Å². The van der Waals surface area contributed by atoms with Gasteiger partial charge in [-0.25, -0.2) is 9.78 Å². The fourth-order valence-corrected chi connectivity index (χ4v) is 2.87. The van der Waals surface area contributed by atoms with Crippen LogP contribution in [0.2, 0.25) is 0 Å². The van der Waals surface area contributed by atoms with Crippen molar-refractivity contribution in [3.63, 3.8) is 0 Å². The topological polar surface area (TPSA) is 66.6 Å². The van der Waals surface area contributed by atoms with Gasteiger partial charge >= 0.3 is 5.97 Å². The molecular weight excluding hydrogens is 254 g/mol. The van der Waals surface area contributed by atoms with E-state index in [4.69, 9.17) is 0 Å². The van der Waals surface area contributed by atoms with E-state index in [-0.39, 0.29) is 5.69 Å². The van der Waals surface area contributed by atoms with Gasteiger partial charge < -0.3 is 14.8 Å². The summed E-state index contributed by atoms with van der Waals surface area (Å²) in [6.45, 7) is 3.00. The van der Waals surface area contributed by atoms with E-state index in [1.807, 2.05) is 29.7 Å². The van der Waals surface area contributed by atoms with E-state index in [0.29, 0.717) is 11.6 Å². The monoisotopic (exact) mass is 273 g/mol. The van der Waals surface area contributed by atoms with Crippen molar-refractivity contribution < 1.29 is 9.90 Å². The molecule has 0 saturated carbocycles. The lowest BCUT2D eigenvalue weighted by atomic mass is 10.0. The molecule has 0 aliphatic carbocycles. The number of nitrogens with one attached hydrogen (secondary N) is 1. The van der Waals surface area contributed by atoms with Gasteiger partial charge in [0.05, 0.1) is 5.52 Å². The Hall–Kier alpha value is -1.88. The van der Waals surface area contributed by atoms with Gasteiger partial charge in [0.15, 0.2) is 5.69 Å². The van der Waals surface area contributed by atoms with Crippen LogP contribution < -0.4 is 5.32 Å². The summed E-state index contributed by atoms with van der Waals surface area (Å²) in [6.07, 6.45) is 6.27. The first-order chi connectivity index (χ1) is 9.65. The molecule has 0 aromatic carbocycles. The van der Waals surface area contributed by atoms with E-state index in [1.165, 1.54) is 12.8 Å². The van der Waals surface area contributed by atoms with Gasteiger partial charge in [-0.05, 0) is 44.0 Å². The number of rotatable bonds is 3. The zero-order valence-electron chi connectivity index (χ0n) is 11.6. The van der Waals surface area contributed by atoms with E-state index in [9.17, 15) is 9.90 Å². The highest BCUT2D eigenvalue weighted by Crippen LogP contribution is 2.18. The fraction of sp³-hybridized carbons (Fsp3) is 0.467. The Morgan fingerprint density at radius 3 is 3.10 bits per heavy atom. The van der Waals surface area contributed by atoms with Crippen LogP contribution in [0.5, 0.6) is 0 Å². The first-order valence-electron chi connectivity index (χ1n) is 7.09. The SMILES string of the molecule is Cc1ccn2c(CC3CCCCN3)nc(C(=O)O)c2c1. The number of carboxylic acid groups (broad SMARTS) is 1. The molecule has 1 saturated heterocycles. The fourth-order valence-electron chi connectivity index (χ4n) is 2.87. The Labute approximate surface area is 117 Å². The van der Waals surface area contributed by atoms with Crippen molar-refractivity contribution in [3.8, 4) is 0 Å². The van der Waals surface area contributed by atoms with E-state index in [2.05, 4.69) is 10.3 Å². The van der Waals surface area contributed by atoms with Gasteiger partial charge in [-0.15, -0.1) is 0 Å². The average Bonchev–Trinajstić information content (AvgIpc) is 2.78. The molecule has 106 valence electrons. The van der Waals surface area contributed by atoms with Crippen LogP contribution >= 0.6 is 0 Å². The zero-order chi connectivity index (χ0) is 14.1. The van der Waals surface area contributed by atoms with Crippen LogP contribution in [0.25, 0.3) is 5.52 Å². The van der Waals surface area contributed by atoms with Crippen LogP contribution in [0.3, 0.4) is 0 Å². The largest absolute Gasteiger partial charge is 0.476 e. The van der Waals surface area contributed by atoms with Crippen molar-refractivity contribution >= 4 is 11.5 Å². The van der Waals surface area contributed by atoms with Crippen molar-refractivity contribution in [2.45, 2.75) is 38.6 Å². The third-order valence-corrected chi connectivity index (χ3v) is 3.92. The molecule has 2 aromatic rings. The molecule has 1 aliphatic heterocycles. The number of piperidine rings is 1. The third kappa shape index (κ3) is 2.41. The Kier molecular flexibility index (Phi) is 3.44. The molecule has 1 unspecified atom stereocenters. The number of aryl methyl sites for hydroxylation is 1. The van der Waals surface area contributed by atoms with Crippen LogP contribution in [0.4, 0.5) is 0 Å². The summed E-state index contributed by atoms with van der Waals surface area (Å²) in [4.78, 5) is 15.7. The lowest BCUT2D eigenvalue weighted by Crippen LogP contribution is -2.36. The molecule has 2 aromatic heterocycles. The normalized spacial score (nSPS) is 19.4. The van der Waals surface area contributed by atoms with Crippen molar-refractivity contribution in [2.75, 3.05) is 6.54 Å². The second-order valence-electron chi connectivity index (χ2n) is 5.49. The standard InChI is InChI=1S/C15H19N3O2/c1-10-5-7-18-12(8-10)14(15(19)20)17-13(18)9-11-4-2-3-6-16-11/h5,7-8,11,16H,2-4,6,9H2,1H3,(H,19,20). The third-order valence-electron chi connectivity index (χ3n) is 3.92. The molecule has 3 rings (SSSR count). The second-order valence-corrected chi connectivity index (χ2v) is 5.49. The van der Waals surface area contributed by atoms with Crippen LogP contribution in [-0.4, -0.2) is 33.0 Å². The van der Waals surface area contributed by atoms with E-state index >= 15 is 0 Å². The maximum absolute atomic E-state index is 11.3. The highest BCUT2D eigenvalue weighted by Gasteiger charge is 2.20. The summed E-state index contributed by atoms with van der Waals surface area (Å²) in [6, 6.07) is 4.27. The number of carboxylic acids is 1. The summed E-state index contributed by atoms with van der Waals surface area (Å²) < 4.78 is 1.91. The van der Waals surface area contributed by atoms with Crippen LogP contribution in [0.1, 0.15) is 41.1 Å². The summed E-state index contributed by atoms with van der Waals surface area (Å²) in [5.41, 5.74) is 1.88. The van der Waals surface area contributed by atoms with Gasteiger partial charge in [0.2, 0.25) is 0 Å².